The Kier molecular flexibility index (Phi) is 3.00. The molecule has 4 rings (SSSR count). The zero-order chi connectivity index (χ0) is 14.4. The molecule has 2 aromatic carbocycles. The minimum atomic E-state index is 0.0243. The maximum atomic E-state index is 11.4. The van der Waals surface area contributed by atoms with E-state index in [4.69, 9.17) is 11.6 Å². The van der Waals surface area contributed by atoms with Crippen LogP contribution in [0.15, 0.2) is 48.5 Å². The monoisotopic (exact) mass is 297 g/mol. The second-order valence-corrected chi connectivity index (χ2v) is 6.43. The summed E-state index contributed by atoms with van der Waals surface area (Å²) in [6.07, 6.45) is 1.62. The first kappa shape index (κ1) is 12.9. The topological polar surface area (TPSA) is 29.1 Å². The van der Waals surface area contributed by atoms with Gasteiger partial charge >= 0.3 is 0 Å². The summed E-state index contributed by atoms with van der Waals surface area (Å²) >= 11 is 6.68. The molecule has 1 aliphatic heterocycles. The summed E-state index contributed by atoms with van der Waals surface area (Å²) in [6, 6.07) is 16.7. The number of carbonyl (C=O) groups excluding carboxylic acids is 1. The fourth-order valence-corrected chi connectivity index (χ4v) is 3.70. The Morgan fingerprint density at radius 2 is 1.95 bits per heavy atom. The summed E-state index contributed by atoms with van der Waals surface area (Å²) in [7, 11) is 0. The zero-order valence-electron chi connectivity index (χ0n) is 11.6. The van der Waals surface area contributed by atoms with Gasteiger partial charge in [0.15, 0.2) is 0 Å². The highest BCUT2D eigenvalue weighted by atomic mass is 35.5. The molecule has 0 spiro atoms. The minimum absolute atomic E-state index is 0.0243. The highest BCUT2D eigenvalue weighted by Gasteiger charge is 2.43. The molecule has 0 bridgehead atoms. The number of anilines is 1. The molecule has 106 valence electrons. The summed E-state index contributed by atoms with van der Waals surface area (Å²) < 4.78 is 0. The lowest BCUT2D eigenvalue weighted by molar-refractivity contribution is -0.115. The first-order valence-corrected chi connectivity index (χ1v) is 7.78. The molecule has 1 N–H and O–H groups in total. The molecule has 1 aliphatic carbocycles. The van der Waals surface area contributed by atoms with Gasteiger partial charge < -0.3 is 5.32 Å². The van der Waals surface area contributed by atoms with Crippen LogP contribution in [0.2, 0.25) is 0 Å². The van der Waals surface area contributed by atoms with Gasteiger partial charge in [0.2, 0.25) is 5.91 Å². The Labute approximate surface area is 129 Å². The van der Waals surface area contributed by atoms with Crippen LogP contribution in [-0.2, 0) is 11.2 Å². The third-order valence-corrected chi connectivity index (χ3v) is 5.09. The van der Waals surface area contributed by atoms with E-state index in [9.17, 15) is 4.79 Å². The van der Waals surface area contributed by atoms with E-state index in [1.54, 1.807) is 0 Å². The molecule has 0 saturated heterocycles. The minimum Gasteiger partial charge on any atom is -0.326 e. The largest absolute Gasteiger partial charge is 0.326 e. The number of carbonyl (C=O) groups is 1. The number of hydrogen-bond acceptors (Lipinski definition) is 1. The van der Waals surface area contributed by atoms with E-state index in [1.807, 2.05) is 18.2 Å². The normalized spacial score (nSPS) is 24.3. The number of nitrogens with one attached hydrogen (secondary N) is 1. The molecule has 3 unspecified atom stereocenters. The van der Waals surface area contributed by atoms with Gasteiger partial charge in [-0.2, -0.15) is 0 Å². The summed E-state index contributed by atoms with van der Waals surface area (Å²) in [5.74, 6) is 1.14. The third-order valence-electron chi connectivity index (χ3n) is 4.52. The van der Waals surface area contributed by atoms with E-state index >= 15 is 0 Å². The van der Waals surface area contributed by atoms with Gasteiger partial charge in [0, 0.05) is 5.69 Å². The molecule has 0 aromatic heterocycles. The lowest BCUT2D eigenvalue weighted by Crippen LogP contribution is -2.03. The first-order chi connectivity index (χ1) is 10.2. The van der Waals surface area contributed by atoms with E-state index in [-0.39, 0.29) is 11.3 Å². The van der Waals surface area contributed by atoms with Gasteiger partial charge in [-0.1, -0.05) is 42.5 Å². The highest BCUT2D eigenvalue weighted by Crippen LogP contribution is 2.56. The molecule has 1 saturated carbocycles. The molecule has 2 aromatic rings. The van der Waals surface area contributed by atoms with Crippen molar-refractivity contribution in [1.29, 1.82) is 0 Å². The van der Waals surface area contributed by atoms with Crippen molar-refractivity contribution in [2.75, 3.05) is 5.32 Å². The molecule has 1 amide bonds. The van der Waals surface area contributed by atoms with E-state index in [1.165, 1.54) is 5.56 Å². The SMILES string of the molecule is O=C1Cc2cc(C(Cl)C3CC3c3ccccc3)ccc2N1. The Morgan fingerprint density at radius 1 is 1.14 bits per heavy atom. The molecule has 21 heavy (non-hydrogen) atoms. The number of alkyl halides is 1. The number of hydrogen-bond donors (Lipinski definition) is 1. The maximum absolute atomic E-state index is 11.4. The van der Waals surface area contributed by atoms with Gasteiger partial charge in [-0.25, -0.2) is 0 Å². The Morgan fingerprint density at radius 3 is 2.76 bits per heavy atom. The standard InChI is InChI=1S/C18H16ClNO/c19-18(15-10-14(15)11-4-2-1-3-5-11)12-6-7-16-13(8-12)9-17(21)20-16/h1-8,14-15,18H,9-10H2,(H,20,21). The van der Waals surface area contributed by atoms with Crippen molar-refractivity contribution in [2.24, 2.45) is 5.92 Å². The van der Waals surface area contributed by atoms with Gasteiger partial charge in [0.1, 0.15) is 0 Å². The second-order valence-electron chi connectivity index (χ2n) is 5.96. The number of amides is 1. The number of fused-ring (bicyclic) bond motifs is 1. The maximum Gasteiger partial charge on any atom is 0.228 e. The lowest BCUT2D eigenvalue weighted by Gasteiger charge is -2.11. The van der Waals surface area contributed by atoms with Crippen molar-refractivity contribution in [1.82, 2.24) is 0 Å². The lowest BCUT2D eigenvalue weighted by atomic mass is 10.0. The van der Waals surface area contributed by atoms with Crippen LogP contribution in [0.5, 0.6) is 0 Å². The van der Waals surface area contributed by atoms with Crippen LogP contribution in [0.4, 0.5) is 5.69 Å². The number of benzene rings is 2. The Hall–Kier alpha value is -1.80. The molecule has 1 fully saturated rings. The van der Waals surface area contributed by atoms with Crippen molar-refractivity contribution < 1.29 is 4.79 Å². The van der Waals surface area contributed by atoms with Crippen LogP contribution in [0.3, 0.4) is 0 Å². The van der Waals surface area contributed by atoms with Crippen molar-refractivity contribution in [3.05, 3.63) is 65.2 Å². The molecule has 0 radical (unpaired) electrons. The van der Waals surface area contributed by atoms with Gasteiger partial charge in [-0.3, -0.25) is 4.79 Å². The van der Waals surface area contributed by atoms with E-state index in [2.05, 4.69) is 35.6 Å². The van der Waals surface area contributed by atoms with Crippen LogP contribution in [0.25, 0.3) is 0 Å². The molecule has 3 heteroatoms. The highest BCUT2D eigenvalue weighted by molar-refractivity contribution is 6.21. The smallest absolute Gasteiger partial charge is 0.228 e. The van der Waals surface area contributed by atoms with Crippen LogP contribution in [0.1, 0.15) is 34.4 Å². The predicted octanol–water partition coefficient (Wildman–Crippen LogP) is 4.26. The van der Waals surface area contributed by atoms with Crippen molar-refractivity contribution in [2.45, 2.75) is 24.1 Å². The van der Waals surface area contributed by atoms with Crippen molar-refractivity contribution >= 4 is 23.2 Å². The van der Waals surface area contributed by atoms with E-state index in [0.29, 0.717) is 18.3 Å². The number of rotatable bonds is 3. The van der Waals surface area contributed by atoms with Crippen LogP contribution in [-0.4, -0.2) is 5.91 Å². The second kappa shape index (κ2) is 4.88. The third kappa shape index (κ3) is 2.34. The zero-order valence-corrected chi connectivity index (χ0v) is 12.3. The fraction of sp³-hybridized carbons (Fsp3) is 0.278. The summed E-state index contributed by atoms with van der Waals surface area (Å²) in [5, 5.41) is 2.89. The molecule has 2 nitrogen and oxygen atoms in total. The summed E-state index contributed by atoms with van der Waals surface area (Å²) in [6.45, 7) is 0. The average molecular weight is 298 g/mol. The molecule has 3 atom stereocenters. The van der Waals surface area contributed by atoms with E-state index < -0.39 is 0 Å². The Balaban J connectivity index is 1.53. The quantitative estimate of drug-likeness (QED) is 0.843. The fourth-order valence-electron chi connectivity index (χ4n) is 3.29. The summed E-state index contributed by atoms with van der Waals surface area (Å²) in [5.41, 5.74) is 4.52. The number of halogens is 1. The van der Waals surface area contributed by atoms with Gasteiger partial charge in [-0.15, -0.1) is 11.6 Å². The van der Waals surface area contributed by atoms with Crippen LogP contribution >= 0.6 is 11.6 Å². The predicted molar refractivity (Wildman–Crippen MR) is 84.7 cm³/mol. The molecule has 1 heterocycles. The van der Waals surface area contributed by atoms with Gasteiger partial charge in [-0.05, 0) is 41.0 Å². The average Bonchev–Trinajstić information content (AvgIpc) is 3.22. The summed E-state index contributed by atoms with van der Waals surface area (Å²) in [4.78, 5) is 11.4. The first-order valence-electron chi connectivity index (χ1n) is 7.34. The van der Waals surface area contributed by atoms with Crippen LogP contribution < -0.4 is 5.32 Å². The van der Waals surface area contributed by atoms with Gasteiger partial charge in [0.25, 0.3) is 0 Å². The van der Waals surface area contributed by atoms with Gasteiger partial charge in [0.05, 0.1) is 11.8 Å². The van der Waals surface area contributed by atoms with Crippen molar-refractivity contribution in [3.63, 3.8) is 0 Å². The van der Waals surface area contributed by atoms with E-state index in [0.717, 1.165) is 23.2 Å². The Bertz CT molecular complexity index is 698. The molecular formula is C18H16ClNO. The molecular weight excluding hydrogens is 282 g/mol. The molecule has 2 aliphatic rings. The van der Waals surface area contributed by atoms with Crippen molar-refractivity contribution in [3.8, 4) is 0 Å². The van der Waals surface area contributed by atoms with Crippen LogP contribution in [0, 0.1) is 5.92 Å².